The molecule has 4 nitrogen and oxygen atoms in total. The SMILES string of the molecule is N#Cc1ccc(NC(=O)c2ccccc2CO)cc1. The Bertz CT molecular complexity index is 627. The zero-order valence-electron chi connectivity index (χ0n) is 10.1. The Morgan fingerprint density at radius 1 is 1.16 bits per heavy atom. The molecule has 2 N–H and O–H groups in total. The van der Waals surface area contributed by atoms with Crippen molar-refractivity contribution in [1.82, 2.24) is 0 Å². The number of carbonyl (C=O) groups excluding carboxylic acids is 1. The van der Waals surface area contributed by atoms with Crippen LogP contribution in [-0.4, -0.2) is 11.0 Å². The van der Waals surface area contributed by atoms with E-state index < -0.39 is 0 Å². The lowest BCUT2D eigenvalue weighted by molar-refractivity contribution is 0.102. The molecule has 94 valence electrons. The fourth-order valence-corrected chi connectivity index (χ4v) is 1.71. The Balaban J connectivity index is 2.18. The second-order valence-corrected chi connectivity index (χ2v) is 3.96. The minimum Gasteiger partial charge on any atom is -0.392 e. The van der Waals surface area contributed by atoms with Crippen LogP contribution < -0.4 is 5.32 Å². The van der Waals surface area contributed by atoms with E-state index in [1.165, 1.54) is 0 Å². The maximum Gasteiger partial charge on any atom is 0.256 e. The smallest absolute Gasteiger partial charge is 0.256 e. The van der Waals surface area contributed by atoms with Crippen molar-refractivity contribution in [3.8, 4) is 6.07 Å². The van der Waals surface area contributed by atoms with Crippen molar-refractivity contribution >= 4 is 11.6 Å². The van der Waals surface area contributed by atoms with Gasteiger partial charge in [-0.1, -0.05) is 18.2 Å². The number of nitriles is 1. The normalized spacial score (nSPS) is 9.68. The largest absolute Gasteiger partial charge is 0.392 e. The topological polar surface area (TPSA) is 73.1 Å². The maximum absolute atomic E-state index is 12.1. The minimum atomic E-state index is -0.283. The first-order valence-corrected chi connectivity index (χ1v) is 5.75. The van der Waals surface area contributed by atoms with Crippen LogP contribution in [0.15, 0.2) is 48.5 Å². The van der Waals surface area contributed by atoms with Crippen LogP contribution in [0.1, 0.15) is 21.5 Å². The highest BCUT2D eigenvalue weighted by atomic mass is 16.3. The van der Waals surface area contributed by atoms with Crippen molar-refractivity contribution < 1.29 is 9.90 Å². The number of benzene rings is 2. The van der Waals surface area contributed by atoms with Gasteiger partial charge in [0.2, 0.25) is 0 Å². The third-order valence-corrected chi connectivity index (χ3v) is 2.70. The number of nitrogens with one attached hydrogen (secondary N) is 1. The number of carbonyl (C=O) groups is 1. The van der Waals surface area contributed by atoms with E-state index in [1.54, 1.807) is 48.5 Å². The molecule has 0 atom stereocenters. The van der Waals surface area contributed by atoms with Crippen LogP contribution in [0.2, 0.25) is 0 Å². The lowest BCUT2D eigenvalue weighted by Crippen LogP contribution is -2.14. The van der Waals surface area contributed by atoms with Crippen molar-refractivity contribution in [3.63, 3.8) is 0 Å². The van der Waals surface area contributed by atoms with Crippen molar-refractivity contribution in [2.24, 2.45) is 0 Å². The summed E-state index contributed by atoms with van der Waals surface area (Å²) in [7, 11) is 0. The molecule has 0 aliphatic carbocycles. The number of aliphatic hydroxyl groups is 1. The van der Waals surface area contributed by atoms with Gasteiger partial charge in [-0.05, 0) is 35.9 Å². The molecular formula is C15H12N2O2. The molecular weight excluding hydrogens is 240 g/mol. The first-order chi connectivity index (χ1) is 9.24. The fourth-order valence-electron chi connectivity index (χ4n) is 1.71. The van der Waals surface area contributed by atoms with E-state index in [4.69, 9.17) is 5.26 Å². The van der Waals surface area contributed by atoms with Gasteiger partial charge >= 0.3 is 0 Å². The van der Waals surface area contributed by atoms with Crippen LogP contribution in [-0.2, 0) is 6.61 Å². The predicted molar refractivity (Wildman–Crippen MR) is 71.5 cm³/mol. The quantitative estimate of drug-likeness (QED) is 0.880. The molecule has 0 radical (unpaired) electrons. The number of anilines is 1. The summed E-state index contributed by atoms with van der Waals surface area (Å²) < 4.78 is 0. The van der Waals surface area contributed by atoms with E-state index in [9.17, 15) is 9.90 Å². The number of rotatable bonds is 3. The highest BCUT2D eigenvalue weighted by Gasteiger charge is 2.10. The molecule has 0 aromatic heterocycles. The zero-order chi connectivity index (χ0) is 13.7. The van der Waals surface area contributed by atoms with Crippen LogP contribution in [0.4, 0.5) is 5.69 Å². The van der Waals surface area contributed by atoms with Crippen LogP contribution in [0.5, 0.6) is 0 Å². The first-order valence-electron chi connectivity index (χ1n) is 5.75. The van der Waals surface area contributed by atoms with Gasteiger partial charge in [0.05, 0.1) is 18.2 Å². The average Bonchev–Trinajstić information content (AvgIpc) is 2.48. The highest BCUT2D eigenvalue weighted by Crippen LogP contribution is 2.13. The highest BCUT2D eigenvalue weighted by molar-refractivity contribution is 6.05. The van der Waals surface area contributed by atoms with Crippen LogP contribution in [0.3, 0.4) is 0 Å². The molecule has 0 saturated heterocycles. The second kappa shape index (κ2) is 5.80. The summed E-state index contributed by atoms with van der Waals surface area (Å²) in [6.45, 7) is -0.184. The summed E-state index contributed by atoms with van der Waals surface area (Å²) in [4.78, 5) is 12.1. The van der Waals surface area contributed by atoms with Crippen LogP contribution in [0.25, 0.3) is 0 Å². The Labute approximate surface area is 110 Å². The van der Waals surface area contributed by atoms with Crippen molar-refractivity contribution in [1.29, 1.82) is 5.26 Å². The molecule has 0 bridgehead atoms. The number of amides is 1. The Hall–Kier alpha value is -2.64. The summed E-state index contributed by atoms with van der Waals surface area (Å²) in [6, 6.07) is 15.5. The summed E-state index contributed by atoms with van der Waals surface area (Å²) in [5.41, 5.74) is 2.16. The molecule has 0 saturated carbocycles. The second-order valence-electron chi connectivity index (χ2n) is 3.96. The third kappa shape index (κ3) is 2.97. The van der Waals surface area contributed by atoms with Gasteiger partial charge in [0, 0.05) is 11.3 Å². The van der Waals surface area contributed by atoms with Crippen molar-refractivity contribution in [3.05, 3.63) is 65.2 Å². The van der Waals surface area contributed by atoms with Crippen molar-refractivity contribution in [2.75, 3.05) is 5.32 Å². The number of nitrogens with zero attached hydrogens (tertiary/aromatic N) is 1. The van der Waals surface area contributed by atoms with E-state index >= 15 is 0 Å². The zero-order valence-corrected chi connectivity index (χ0v) is 10.1. The van der Waals surface area contributed by atoms with Crippen LogP contribution >= 0.6 is 0 Å². The molecule has 0 heterocycles. The standard InChI is InChI=1S/C15H12N2O2/c16-9-11-5-7-13(8-6-11)17-15(19)14-4-2-1-3-12(14)10-18/h1-8,18H,10H2,(H,17,19). The van der Waals surface area contributed by atoms with Gasteiger partial charge in [0.15, 0.2) is 0 Å². The molecule has 0 spiro atoms. The molecule has 19 heavy (non-hydrogen) atoms. The van der Waals surface area contributed by atoms with E-state index in [0.29, 0.717) is 22.4 Å². The van der Waals surface area contributed by atoms with E-state index in [-0.39, 0.29) is 12.5 Å². The summed E-state index contributed by atoms with van der Waals surface area (Å²) in [6.07, 6.45) is 0. The molecule has 0 unspecified atom stereocenters. The van der Waals surface area contributed by atoms with E-state index in [1.807, 2.05) is 6.07 Å². The monoisotopic (exact) mass is 252 g/mol. The lowest BCUT2D eigenvalue weighted by Gasteiger charge is -2.08. The van der Waals surface area contributed by atoms with Gasteiger partial charge in [-0.3, -0.25) is 4.79 Å². The van der Waals surface area contributed by atoms with E-state index in [2.05, 4.69) is 5.32 Å². The summed E-state index contributed by atoms with van der Waals surface area (Å²) >= 11 is 0. The van der Waals surface area contributed by atoms with E-state index in [0.717, 1.165) is 0 Å². The molecule has 1 amide bonds. The van der Waals surface area contributed by atoms with Gasteiger partial charge in [-0.25, -0.2) is 0 Å². The van der Waals surface area contributed by atoms with Crippen molar-refractivity contribution in [2.45, 2.75) is 6.61 Å². The van der Waals surface area contributed by atoms with Gasteiger partial charge in [-0.2, -0.15) is 5.26 Å². The minimum absolute atomic E-state index is 0.184. The predicted octanol–water partition coefficient (Wildman–Crippen LogP) is 2.30. The van der Waals surface area contributed by atoms with Gasteiger partial charge in [0.25, 0.3) is 5.91 Å². The molecule has 2 aromatic rings. The molecule has 0 fully saturated rings. The number of hydrogen-bond acceptors (Lipinski definition) is 3. The molecule has 0 aliphatic heterocycles. The van der Waals surface area contributed by atoms with Gasteiger partial charge in [-0.15, -0.1) is 0 Å². The molecule has 2 aromatic carbocycles. The molecule has 2 rings (SSSR count). The third-order valence-electron chi connectivity index (χ3n) is 2.70. The van der Waals surface area contributed by atoms with Crippen LogP contribution in [0, 0.1) is 11.3 Å². The maximum atomic E-state index is 12.1. The van der Waals surface area contributed by atoms with Gasteiger partial charge in [0.1, 0.15) is 0 Å². The Morgan fingerprint density at radius 2 is 1.84 bits per heavy atom. The van der Waals surface area contributed by atoms with Gasteiger partial charge < -0.3 is 10.4 Å². The first kappa shape index (κ1) is 12.8. The summed E-state index contributed by atoms with van der Waals surface area (Å²) in [5.74, 6) is -0.283. The Kier molecular flexibility index (Phi) is 3.91. The summed E-state index contributed by atoms with van der Waals surface area (Å²) in [5, 5.41) is 20.6. The fraction of sp³-hybridized carbons (Fsp3) is 0.0667. The number of aliphatic hydroxyl groups excluding tert-OH is 1. The molecule has 4 heteroatoms. The Morgan fingerprint density at radius 3 is 2.47 bits per heavy atom. The lowest BCUT2D eigenvalue weighted by atomic mass is 10.1. The number of hydrogen-bond donors (Lipinski definition) is 2. The average molecular weight is 252 g/mol. The molecule has 0 aliphatic rings.